The average Bonchev–Trinajstić information content (AvgIpc) is 2.66. The summed E-state index contributed by atoms with van der Waals surface area (Å²) in [5.74, 6) is -0.0465. The summed E-state index contributed by atoms with van der Waals surface area (Å²) in [5.41, 5.74) is -0.319. The lowest BCUT2D eigenvalue weighted by Gasteiger charge is -2.35. The summed E-state index contributed by atoms with van der Waals surface area (Å²) < 4.78 is 34.8. The van der Waals surface area contributed by atoms with Gasteiger partial charge in [0.25, 0.3) is 0 Å². The molecule has 1 fully saturated rings. The molecule has 1 aliphatic heterocycles. The number of alkyl halides is 2. The van der Waals surface area contributed by atoms with Crippen LogP contribution in [0.15, 0.2) is 24.3 Å². The minimum absolute atomic E-state index is 0.0695. The second-order valence-corrected chi connectivity index (χ2v) is 8.40. The molecule has 30 heavy (non-hydrogen) atoms. The Bertz CT molecular complexity index is 716. The first-order chi connectivity index (χ1) is 14.0. The highest BCUT2D eigenvalue weighted by atomic mass is 19.3. The molecule has 168 valence electrons. The number of halogens is 2. The molecule has 1 heterocycles. The normalized spacial score (nSPS) is 16.8. The first kappa shape index (κ1) is 23.9. The van der Waals surface area contributed by atoms with E-state index in [0.717, 1.165) is 12.8 Å². The minimum atomic E-state index is -2.96. The number of hydrogen-bond acceptors (Lipinski definition) is 5. The van der Waals surface area contributed by atoms with Crippen LogP contribution in [-0.2, 0) is 9.53 Å². The van der Waals surface area contributed by atoms with Crippen molar-refractivity contribution < 1.29 is 27.8 Å². The van der Waals surface area contributed by atoms with Crippen molar-refractivity contribution in [1.82, 2.24) is 10.2 Å². The second-order valence-electron chi connectivity index (χ2n) is 8.40. The minimum Gasteiger partial charge on any atom is -0.444 e. The van der Waals surface area contributed by atoms with Gasteiger partial charge in [-0.1, -0.05) is 12.1 Å². The molecule has 7 nitrogen and oxygen atoms in total. The number of carbonyl (C=O) groups excluding carboxylic acids is 2. The number of para-hydroxylation sites is 2. The van der Waals surface area contributed by atoms with Crippen LogP contribution in [0.2, 0.25) is 0 Å². The molecule has 1 aromatic rings. The molecule has 2 rings (SSSR count). The van der Waals surface area contributed by atoms with E-state index in [4.69, 9.17) is 4.74 Å². The highest BCUT2D eigenvalue weighted by Crippen LogP contribution is 2.26. The fourth-order valence-electron chi connectivity index (χ4n) is 3.26. The highest BCUT2D eigenvalue weighted by molar-refractivity contribution is 5.95. The lowest BCUT2D eigenvalue weighted by Crippen LogP contribution is -2.47. The molecule has 1 saturated heterocycles. The van der Waals surface area contributed by atoms with Crippen LogP contribution in [0.25, 0.3) is 0 Å². The molecule has 1 unspecified atom stereocenters. The fourth-order valence-corrected chi connectivity index (χ4v) is 3.26. The standard InChI is InChI=1S/C21H31F2N3O4/c1-14(18(27)25-16-7-5-6-8-17(16)29-19(22)23)26-11-9-15(10-12-26)13-24-20(28)30-21(2,3)4/h5-8,14-15,19H,9-13H2,1-4H3,(H,24,28)(H,25,27). The highest BCUT2D eigenvalue weighted by Gasteiger charge is 2.28. The van der Waals surface area contributed by atoms with Gasteiger partial charge in [0.15, 0.2) is 0 Å². The van der Waals surface area contributed by atoms with Gasteiger partial charge in [0.1, 0.15) is 11.4 Å². The third-order valence-corrected chi connectivity index (χ3v) is 4.87. The molecule has 2 N–H and O–H groups in total. The number of carbonyl (C=O) groups is 2. The van der Waals surface area contributed by atoms with Crippen molar-refractivity contribution in [2.24, 2.45) is 5.92 Å². The molecule has 1 aromatic carbocycles. The summed E-state index contributed by atoms with van der Waals surface area (Å²) >= 11 is 0. The summed E-state index contributed by atoms with van der Waals surface area (Å²) in [7, 11) is 0. The van der Waals surface area contributed by atoms with Crippen LogP contribution in [0.5, 0.6) is 5.75 Å². The van der Waals surface area contributed by atoms with Gasteiger partial charge >= 0.3 is 12.7 Å². The molecular weight excluding hydrogens is 396 g/mol. The number of rotatable bonds is 7. The van der Waals surface area contributed by atoms with E-state index in [1.165, 1.54) is 12.1 Å². The van der Waals surface area contributed by atoms with Gasteiger partial charge in [-0.05, 0) is 71.7 Å². The van der Waals surface area contributed by atoms with Crippen molar-refractivity contribution >= 4 is 17.7 Å². The number of anilines is 1. The van der Waals surface area contributed by atoms with Gasteiger partial charge in [-0.15, -0.1) is 0 Å². The van der Waals surface area contributed by atoms with E-state index in [2.05, 4.69) is 15.4 Å². The van der Waals surface area contributed by atoms with Gasteiger partial charge in [0.2, 0.25) is 5.91 Å². The molecular formula is C21H31F2N3O4. The number of likely N-dealkylation sites (tertiary alicyclic amines) is 1. The number of ether oxygens (including phenoxy) is 2. The molecule has 0 aromatic heterocycles. The van der Waals surface area contributed by atoms with Crippen molar-refractivity contribution in [3.05, 3.63) is 24.3 Å². The lowest BCUT2D eigenvalue weighted by atomic mass is 9.96. The van der Waals surface area contributed by atoms with Crippen molar-refractivity contribution in [3.63, 3.8) is 0 Å². The Morgan fingerprint density at radius 3 is 2.43 bits per heavy atom. The molecule has 0 radical (unpaired) electrons. The van der Waals surface area contributed by atoms with Gasteiger partial charge in [0.05, 0.1) is 11.7 Å². The van der Waals surface area contributed by atoms with Crippen molar-refractivity contribution in [1.29, 1.82) is 0 Å². The van der Waals surface area contributed by atoms with Crippen LogP contribution in [0, 0.1) is 5.92 Å². The molecule has 0 spiro atoms. The average molecular weight is 427 g/mol. The van der Waals surface area contributed by atoms with Crippen LogP contribution in [0.4, 0.5) is 19.3 Å². The Kier molecular flexibility index (Phi) is 8.40. The smallest absolute Gasteiger partial charge is 0.407 e. The van der Waals surface area contributed by atoms with E-state index >= 15 is 0 Å². The zero-order chi connectivity index (χ0) is 22.3. The number of nitrogens with zero attached hydrogens (tertiary/aromatic N) is 1. The predicted octanol–water partition coefficient (Wildman–Crippen LogP) is 3.85. The van der Waals surface area contributed by atoms with E-state index in [1.807, 2.05) is 25.7 Å². The third kappa shape index (κ3) is 7.78. The summed E-state index contributed by atoms with van der Waals surface area (Å²) in [6.07, 6.45) is 1.24. The third-order valence-electron chi connectivity index (χ3n) is 4.87. The van der Waals surface area contributed by atoms with Crippen molar-refractivity contribution in [3.8, 4) is 5.75 Å². The number of hydrogen-bond donors (Lipinski definition) is 2. The Morgan fingerprint density at radius 1 is 1.20 bits per heavy atom. The van der Waals surface area contributed by atoms with Gasteiger partial charge in [-0.3, -0.25) is 9.69 Å². The summed E-state index contributed by atoms with van der Waals surface area (Å²) in [6.45, 7) is 6.19. The first-order valence-electron chi connectivity index (χ1n) is 10.1. The van der Waals surface area contributed by atoms with Crippen molar-refractivity contribution in [2.75, 3.05) is 25.0 Å². The van der Waals surface area contributed by atoms with Crippen LogP contribution in [-0.4, -0.2) is 54.8 Å². The summed E-state index contributed by atoms with van der Waals surface area (Å²) in [4.78, 5) is 26.4. The molecule has 1 atom stereocenters. The maximum Gasteiger partial charge on any atom is 0.407 e. The fraction of sp³-hybridized carbons (Fsp3) is 0.619. The number of nitrogens with one attached hydrogen (secondary N) is 2. The van der Waals surface area contributed by atoms with Crippen LogP contribution < -0.4 is 15.4 Å². The molecule has 0 bridgehead atoms. The Balaban J connectivity index is 1.80. The summed E-state index contributed by atoms with van der Waals surface area (Å²) in [5, 5.41) is 5.47. The van der Waals surface area contributed by atoms with Crippen LogP contribution >= 0.6 is 0 Å². The van der Waals surface area contributed by atoms with E-state index in [9.17, 15) is 18.4 Å². The molecule has 0 aliphatic carbocycles. The Labute approximate surface area is 176 Å². The number of amides is 2. The topological polar surface area (TPSA) is 79.9 Å². The summed E-state index contributed by atoms with van der Waals surface area (Å²) in [6, 6.07) is 5.69. The number of alkyl carbamates (subject to hydrolysis) is 1. The Hall–Kier alpha value is -2.42. The van der Waals surface area contributed by atoms with Gasteiger partial charge < -0.3 is 20.1 Å². The van der Waals surface area contributed by atoms with Gasteiger partial charge in [-0.25, -0.2) is 4.79 Å². The van der Waals surface area contributed by atoms with E-state index in [1.54, 1.807) is 19.1 Å². The quantitative estimate of drug-likeness (QED) is 0.691. The lowest BCUT2D eigenvalue weighted by molar-refractivity contribution is -0.121. The molecule has 2 amide bonds. The van der Waals surface area contributed by atoms with Gasteiger partial charge in [0, 0.05) is 6.54 Å². The second kappa shape index (κ2) is 10.6. The Morgan fingerprint density at radius 2 is 1.83 bits per heavy atom. The van der Waals surface area contributed by atoms with E-state index in [-0.39, 0.29) is 17.3 Å². The predicted molar refractivity (Wildman–Crippen MR) is 110 cm³/mol. The SMILES string of the molecule is CC(C(=O)Nc1ccccc1OC(F)F)N1CCC(CNC(=O)OC(C)(C)C)CC1. The van der Waals surface area contributed by atoms with Crippen LogP contribution in [0.1, 0.15) is 40.5 Å². The zero-order valence-corrected chi connectivity index (χ0v) is 17.9. The molecule has 9 heteroatoms. The monoisotopic (exact) mass is 427 g/mol. The molecule has 0 saturated carbocycles. The number of benzene rings is 1. The number of piperidine rings is 1. The maximum absolute atomic E-state index is 12.6. The van der Waals surface area contributed by atoms with Crippen LogP contribution in [0.3, 0.4) is 0 Å². The maximum atomic E-state index is 12.6. The van der Waals surface area contributed by atoms with E-state index in [0.29, 0.717) is 25.6 Å². The van der Waals surface area contributed by atoms with Crippen molar-refractivity contribution in [2.45, 2.75) is 58.8 Å². The zero-order valence-electron chi connectivity index (χ0n) is 17.9. The largest absolute Gasteiger partial charge is 0.444 e. The van der Waals surface area contributed by atoms with E-state index < -0.39 is 24.3 Å². The van der Waals surface area contributed by atoms with Gasteiger partial charge in [-0.2, -0.15) is 8.78 Å². The molecule has 1 aliphatic rings. The first-order valence-corrected chi connectivity index (χ1v) is 10.1.